The van der Waals surface area contributed by atoms with Crippen LogP contribution in [0.3, 0.4) is 0 Å². The Bertz CT molecular complexity index is 1650. The minimum absolute atomic E-state index is 0.125. The molecule has 4 fully saturated rings. The van der Waals surface area contributed by atoms with Gasteiger partial charge in [0.15, 0.2) is 0 Å². The fourth-order valence-corrected chi connectivity index (χ4v) is 9.47. The highest BCUT2D eigenvalue weighted by molar-refractivity contribution is 7.59. The van der Waals surface area contributed by atoms with Crippen LogP contribution in [-0.2, 0) is 45.3 Å². The molecule has 6 atom stereocenters. The number of piperidine rings is 2. The van der Waals surface area contributed by atoms with Crippen molar-refractivity contribution >= 4 is 22.7 Å². The Kier molecular flexibility index (Phi) is 10.1. The zero-order valence-corrected chi connectivity index (χ0v) is 29.9. The molecule has 7 nitrogen and oxygen atoms in total. The van der Waals surface area contributed by atoms with Crippen LogP contribution in [0.5, 0.6) is 0 Å². The molecule has 0 radical (unpaired) electrons. The van der Waals surface area contributed by atoms with Crippen molar-refractivity contribution in [2.45, 2.75) is 108 Å². The maximum atomic E-state index is 13.1. The number of halogens is 3. The monoisotopic (exact) mass is 701 g/mol. The third-order valence-corrected chi connectivity index (χ3v) is 13.2. The lowest BCUT2D eigenvalue weighted by atomic mass is 9.59. The van der Waals surface area contributed by atoms with Crippen LogP contribution >= 0.6 is 0 Å². The standard InChI is InChI=1S/C19H24F3N.C19H26N2O.O3S/c1-12-17-9-14-5-6-15(19(20,21)22)10-16(14)18(12,2)7-8-23(17)11-13-3-4-13;1-13-18-9-15-5-6-16(20-12-22)10-17(15)19(13,2)7-8-21(18)11-14-3-4-14;1-4(2)3/h5-6,10,12-13,17H,3-4,7-9,11H2,1-2H3;5-6,10,12-14,18H,3-4,7-9,11H2,1-2H3,(H,20,22);/t12?,17?,18-;13?,18?,19-;/m00./s1. The zero-order chi connectivity index (χ0) is 35.3. The predicted octanol–water partition coefficient (Wildman–Crippen LogP) is 6.82. The van der Waals surface area contributed by atoms with Gasteiger partial charge in [0, 0.05) is 30.9 Å². The molecule has 2 saturated heterocycles. The van der Waals surface area contributed by atoms with Crippen molar-refractivity contribution in [2.24, 2.45) is 23.7 Å². The third kappa shape index (κ3) is 7.49. The highest BCUT2D eigenvalue weighted by Crippen LogP contribution is 2.51. The summed E-state index contributed by atoms with van der Waals surface area (Å²) >= 11 is 0. The maximum Gasteiger partial charge on any atom is 0.425 e. The molecular formula is C38H50F3N3O4S. The highest BCUT2D eigenvalue weighted by atomic mass is 32.2. The SMILES string of the molecule is CC1C2Cc3ccc(C(F)(F)F)cc3[C@@]1(C)CCN2CC1CC1.CC1C2Cc3ccc(NC=O)cc3[C@@]1(C)CCN2CC1CC1.O=S(=O)=O. The highest BCUT2D eigenvalue weighted by Gasteiger charge is 2.51. The van der Waals surface area contributed by atoms with Crippen molar-refractivity contribution < 1.29 is 30.6 Å². The first-order valence-corrected chi connectivity index (χ1v) is 18.9. The summed E-state index contributed by atoms with van der Waals surface area (Å²) in [5.74, 6) is 2.92. The number of likely N-dealkylation sites (tertiary alicyclic amines) is 2. The van der Waals surface area contributed by atoms with Crippen molar-refractivity contribution in [1.82, 2.24) is 9.80 Å². The number of benzene rings is 2. The second-order valence-corrected chi connectivity index (χ2v) is 16.4. The van der Waals surface area contributed by atoms with E-state index in [1.54, 1.807) is 6.07 Å². The Balaban J connectivity index is 0.000000154. The molecule has 49 heavy (non-hydrogen) atoms. The summed E-state index contributed by atoms with van der Waals surface area (Å²) in [5, 5.41) is 2.82. The molecule has 8 rings (SSSR count). The number of nitrogens with zero attached hydrogens (tertiary/aromatic N) is 2. The van der Waals surface area contributed by atoms with Gasteiger partial charge in [0.25, 0.3) is 0 Å². The molecule has 11 heteroatoms. The molecule has 268 valence electrons. The van der Waals surface area contributed by atoms with E-state index in [9.17, 15) is 18.0 Å². The van der Waals surface area contributed by atoms with E-state index in [-0.39, 0.29) is 10.8 Å². The van der Waals surface area contributed by atoms with E-state index in [4.69, 9.17) is 12.6 Å². The lowest BCUT2D eigenvalue weighted by molar-refractivity contribution is -0.137. The summed E-state index contributed by atoms with van der Waals surface area (Å²) < 4.78 is 64.7. The Morgan fingerprint density at radius 2 is 1.24 bits per heavy atom. The number of hydrogen-bond acceptors (Lipinski definition) is 6. The zero-order valence-electron chi connectivity index (χ0n) is 29.1. The van der Waals surface area contributed by atoms with Gasteiger partial charge in [-0.25, -0.2) is 0 Å². The van der Waals surface area contributed by atoms with E-state index in [0.717, 1.165) is 54.4 Å². The number of anilines is 1. The molecule has 0 spiro atoms. The molecule has 0 aromatic heterocycles. The molecule has 2 saturated carbocycles. The van der Waals surface area contributed by atoms with Gasteiger partial charge in [0.05, 0.1) is 5.56 Å². The average Bonchev–Trinajstić information content (AvgIpc) is 3.97. The fraction of sp³-hybridized carbons (Fsp3) is 0.658. The average molecular weight is 702 g/mol. The molecule has 2 aromatic rings. The van der Waals surface area contributed by atoms with Gasteiger partial charge in [-0.15, -0.1) is 12.6 Å². The Labute approximate surface area is 290 Å². The van der Waals surface area contributed by atoms with Crippen LogP contribution < -0.4 is 5.32 Å². The third-order valence-electron chi connectivity index (χ3n) is 13.2. The largest absolute Gasteiger partial charge is 0.425 e. The van der Waals surface area contributed by atoms with E-state index in [1.807, 2.05) is 6.07 Å². The summed E-state index contributed by atoms with van der Waals surface area (Å²) in [4.78, 5) is 16.1. The first kappa shape index (κ1) is 36.0. The van der Waals surface area contributed by atoms with E-state index >= 15 is 0 Å². The molecule has 2 aromatic carbocycles. The lowest BCUT2D eigenvalue weighted by Gasteiger charge is -2.55. The van der Waals surface area contributed by atoms with Crippen LogP contribution in [0.2, 0.25) is 0 Å². The molecule has 4 unspecified atom stereocenters. The van der Waals surface area contributed by atoms with Gasteiger partial charge in [-0.1, -0.05) is 39.8 Å². The van der Waals surface area contributed by atoms with Crippen LogP contribution in [0.25, 0.3) is 0 Å². The topological polar surface area (TPSA) is 86.8 Å². The number of alkyl halides is 3. The number of carbonyl (C=O) groups excluding carboxylic acids is 1. The van der Waals surface area contributed by atoms with Gasteiger partial charge < -0.3 is 5.32 Å². The van der Waals surface area contributed by atoms with Crippen molar-refractivity contribution in [1.29, 1.82) is 0 Å². The number of nitrogens with one attached hydrogen (secondary N) is 1. The van der Waals surface area contributed by atoms with Gasteiger partial charge in [-0.3, -0.25) is 14.6 Å². The number of fused-ring (bicyclic) bond motifs is 8. The molecule has 1 N–H and O–H groups in total. The predicted molar refractivity (Wildman–Crippen MR) is 183 cm³/mol. The Hall–Kier alpha value is -2.76. The van der Waals surface area contributed by atoms with Gasteiger partial charge in [0.1, 0.15) is 0 Å². The van der Waals surface area contributed by atoms with Gasteiger partial charge >= 0.3 is 16.8 Å². The number of rotatable bonds is 6. The molecule has 4 aliphatic carbocycles. The normalized spacial score (nSPS) is 31.9. The molecule has 6 aliphatic rings. The van der Waals surface area contributed by atoms with Crippen LogP contribution in [0, 0.1) is 23.7 Å². The molecular weight excluding hydrogens is 651 g/mol. The van der Waals surface area contributed by atoms with Crippen molar-refractivity contribution in [3.63, 3.8) is 0 Å². The Morgan fingerprint density at radius 1 is 0.796 bits per heavy atom. The molecule has 4 bridgehead atoms. The second kappa shape index (κ2) is 13.8. The first-order chi connectivity index (χ1) is 23.1. The second-order valence-electron chi connectivity index (χ2n) is 16.0. The first-order valence-electron chi connectivity index (χ1n) is 17.9. The number of amides is 1. The lowest BCUT2D eigenvalue weighted by Crippen LogP contribution is -2.58. The summed E-state index contributed by atoms with van der Waals surface area (Å²) in [6, 6.07) is 12.1. The van der Waals surface area contributed by atoms with E-state index in [1.165, 1.54) is 81.4 Å². The quantitative estimate of drug-likeness (QED) is 0.333. The van der Waals surface area contributed by atoms with Crippen LogP contribution in [0.15, 0.2) is 36.4 Å². The van der Waals surface area contributed by atoms with Crippen LogP contribution in [0.1, 0.15) is 94.0 Å². The minimum atomic E-state index is -4.25. The van der Waals surface area contributed by atoms with Crippen LogP contribution in [0.4, 0.5) is 18.9 Å². The van der Waals surface area contributed by atoms with E-state index < -0.39 is 22.3 Å². The number of carbonyl (C=O) groups is 1. The molecule has 2 aliphatic heterocycles. The van der Waals surface area contributed by atoms with Crippen molar-refractivity contribution in [3.8, 4) is 0 Å². The van der Waals surface area contributed by atoms with Crippen LogP contribution in [-0.4, -0.2) is 67.1 Å². The summed E-state index contributed by atoms with van der Waals surface area (Å²) in [5.41, 5.74) is 5.59. The minimum Gasteiger partial charge on any atom is -0.329 e. The molecule has 2 heterocycles. The summed E-state index contributed by atoms with van der Waals surface area (Å²) in [7, 11) is -3.11. The Morgan fingerprint density at radius 3 is 1.67 bits per heavy atom. The maximum absolute atomic E-state index is 13.1. The van der Waals surface area contributed by atoms with Gasteiger partial charge in [0.2, 0.25) is 6.41 Å². The molecule has 1 amide bonds. The van der Waals surface area contributed by atoms with Gasteiger partial charge in [-0.05, 0) is 145 Å². The van der Waals surface area contributed by atoms with E-state index in [2.05, 4.69) is 54.9 Å². The summed E-state index contributed by atoms with van der Waals surface area (Å²) in [6.07, 6.45) is 6.35. The van der Waals surface area contributed by atoms with Crippen molar-refractivity contribution in [2.75, 3.05) is 31.5 Å². The van der Waals surface area contributed by atoms with Crippen molar-refractivity contribution in [3.05, 3.63) is 64.2 Å². The fourth-order valence-electron chi connectivity index (χ4n) is 9.47. The summed E-state index contributed by atoms with van der Waals surface area (Å²) in [6.45, 7) is 14.0. The number of hydrogen-bond donors (Lipinski definition) is 1. The van der Waals surface area contributed by atoms with Gasteiger partial charge in [-0.2, -0.15) is 13.2 Å². The van der Waals surface area contributed by atoms with E-state index in [0.29, 0.717) is 23.9 Å². The smallest absolute Gasteiger partial charge is 0.329 e.